The summed E-state index contributed by atoms with van der Waals surface area (Å²) in [5.74, 6) is -0.339. The van der Waals surface area contributed by atoms with Crippen LogP contribution in [0.4, 0.5) is 5.69 Å². The van der Waals surface area contributed by atoms with Gasteiger partial charge in [-0.1, -0.05) is 42.0 Å². The third kappa shape index (κ3) is 4.16. The van der Waals surface area contributed by atoms with Gasteiger partial charge < -0.3 is 10.1 Å². The Bertz CT molecular complexity index is 931. The van der Waals surface area contributed by atoms with Crippen LogP contribution in [0.3, 0.4) is 0 Å². The molecule has 4 heteroatoms. The zero-order valence-electron chi connectivity index (χ0n) is 14.7. The Morgan fingerprint density at radius 2 is 1.46 bits per heavy atom. The summed E-state index contributed by atoms with van der Waals surface area (Å²) >= 11 is 0. The topological polar surface area (TPSA) is 55.4 Å². The summed E-state index contributed by atoms with van der Waals surface area (Å²) in [6.07, 6.45) is 0. The molecule has 1 amide bonds. The minimum Gasteiger partial charge on any atom is -0.423 e. The number of rotatable bonds is 4. The number of carbonyl (C=O) groups excluding carboxylic acids is 2. The summed E-state index contributed by atoms with van der Waals surface area (Å²) < 4.78 is 5.39. The van der Waals surface area contributed by atoms with E-state index in [2.05, 4.69) is 5.32 Å². The third-order valence-corrected chi connectivity index (χ3v) is 3.91. The number of hydrogen-bond acceptors (Lipinski definition) is 3. The average molecular weight is 345 g/mol. The van der Waals surface area contributed by atoms with Crippen LogP contribution in [0.5, 0.6) is 5.75 Å². The quantitative estimate of drug-likeness (QED) is 0.547. The molecule has 0 fully saturated rings. The predicted molar refractivity (Wildman–Crippen MR) is 102 cm³/mol. The molecule has 0 radical (unpaired) electrons. The average Bonchev–Trinajstić information content (AvgIpc) is 2.63. The Labute approximate surface area is 152 Å². The van der Waals surface area contributed by atoms with Crippen LogP contribution in [-0.2, 0) is 0 Å². The number of para-hydroxylation sites is 1. The van der Waals surface area contributed by atoms with E-state index in [1.54, 1.807) is 48.5 Å². The highest BCUT2D eigenvalue weighted by Crippen LogP contribution is 2.21. The number of aryl methyl sites for hydroxylation is 2. The van der Waals surface area contributed by atoms with Crippen LogP contribution in [0.2, 0.25) is 0 Å². The normalized spacial score (nSPS) is 10.2. The SMILES string of the molecule is Cc1ccc(C(=O)Nc2cc(C)ccc2C(=O)Oc2ccccc2)cc1. The maximum atomic E-state index is 12.5. The molecule has 130 valence electrons. The van der Waals surface area contributed by atoms with Gasteiger partial charge >= 0.3 is 5.97 Å². The summed E-state index contributed by atoms with van der Waals surface area (Å²) in [5.41, 5.74) is 3.26. The van der Waals surface area contributed by atoms with Crippen molar-refractivity contribution in [2.45, 2.75) is 13.8 Å². The van der Waals surface area contributed by atoms with E-state index in [-0.39, 0.29) is 5.91 Å². The number of carbonyl (C=O) groups is 2. The van der Waals surface area contributed by atoms with Gasteiger partial charge in [-0.3, -0.25) is 4.79 Å². The summed E-state index contributed by atoms with van der Waals surface area (Å²) in [7, 11) is 0. The molecule has 3 aromatic carbocycles. The first-order valence-electron chi connectivity index (χ1n) is 8.29. The second-order valence-corrected chi connectivity index (χ2v) is 6.07. The number of anilines is 1. The predicted octanol–water partition coefficient (Wildman–Crippen LogP) is 4.77. The zero-order chi connectivity index (χ0) is 18.5. The first kappa shape index (κ1) is 17.4. The first-order valence-corrected chi connectivity index (χ1v) is 8.29. The monoisotopic (exact) mass is 345 g/mol. The van der Waals surface area contributed by atoms with Crippen molar-refractivity contribution in [3.8, 4) is 5.75 Å². The molecule has 4 nitrogen and oxygen atoms in total. The molecule has 26 heavy (non-hydrogen) atoms. The summed E-state index contributed by atoms with van der Waals surface area (Å²) in [4.78, 5) is 25.0. The van der Waals surface area contributed by atoms with E-state index in [1.165, 1.54) is 0 Å². The van der Waals surface area contributed by atoms with Crippen molar-refractivity contribution in [1.29, 1.82) is 0 Å². The Hall–Kier alpha value is -3.40. The Kier molecular flexibility index (Phi) is 5.13. The molecule has 0 aliphatic rings. The molecule has 0 aliphatic heterocycles. The maximum Gasteiger partial charge on any atom is 0.345 e. The van der Waals surface area contributed by atoms with Gasteiger partial charge in [-0.2, -0.15) is 0 Å². The van der Waals surface area contributed by atoms with Gasteiger partial charge in [0.25, 0.3) is 5.91 Å². The lowest BCUT2D eigenvalue weighted by Crippen LogP contribution is -2.17. The second kappa shape index (κ2) is 7.66. The third-order valence-electron chi connectivity index (χ3n) is 3.91. The van der Waals surface area contributed by atoms with Gasteiger partial charge in [0, 0.05) is 5.56 Å². The summed E-state index contributed by atoms with van der Waals surface area (Å²) in [6, 6.07) is 21.3. The fourth-order valence-corrected chi connectivity index (χ4v) is 2.49. The highest BCUT2D eigenvalue weighted by Gasteiger charge is 2.16. The molecular formula is C22H19NO3. The second-order valence-electron chi connectivity index (χ2n) is 6.07. The minimum absolute atomic E-state index is 0.274. The van der Waals surface area contributed by atoms with Gasteiger partial charge in [-0.05, 0) is 55.8 Å². The van der Waals surface area contributed by atoms with Gasteiger partial charge in [-0.25, -0.2) is 4.79 Å². The van der Waals surface area contributed by atoms with E-state index in [4.69, 9.17) is 4.74 Å². The number of ether oxygens (including phenoxy) is 1. The lowest BCUT2D eigenvalue weighted by atomic mass is 10.1. The van der Waals surface area contributed by atoms with Crippen LogP contribution in [0.15, 0.2) is 72.8 Å². The standard InChI is InChI=1S/C22H19NO3/c1-15-8-11-17(12-9-15)21(24)23-20-14-16(2)10-13-19(20)22(25)26-18-6-4-3-5-7-18/h3-14H,1-2H3,(H,23,24). The van der Waals surface area contributed by atoms with E-state index in [1.807, 2.05) is 38.1 Å². The maximum absolute atomic E-state index is 12.5. The Morgan fingerprint density at radius 3 is 2.15 bits per heavy atom. The summed E-state index contributed by atoms with van der Waals surface area (Å²) in [6.45, 7) is 3.85. The van der Waals surface area contributed by atoms with E-state index in [0.29, 0.717) is 22.6 Å². The molecule has 0 heterocycles. The van der Waals surface area contributed by atoms with Crippen molar-refractivity contribution in [1.82, 2.24) is 0 Å². The molecule has 3 aromatic rings. The molecule has 3 rings (SSSR count). The highest BCUT2D eigenvalue weighted by molar-refractivity contribution is 6.08. The minimum atomic E-state index is -0.518. The molecule has 1 N–H and O–H groups in total. The van der Waals surface area contributed by atoms with E-state index in [0.717, 1.165) is 11.1 Å². The van der Waals surface area contributed by atoms with Crippen molar-refractivity contribution in [3.05, 3.63) is 95.1 Å². The van der Waals surface area contributed by atoms with Gasteiger partial charge in [-0.15, -0.1) is 0 Å². The molecule has 0 atom stereocenters. The summed E-state index contributed by atoms with van der Waals surface area (Å²) in [5, 5.41) is 2.81. The van der Waals surface area contributed by atoms with Crippen molar-refractivity contribution in [2.75, 3.05) is 5.32 Å². The van der Waals surface area contributed by atoms with Gasteiger partial charge in [0.15, 0.2) is 0 Å². The molecular weight excluding hydrogens is 326 g/mol. The van der Waals surface area contributed by atoms with E-state index < -0.39 is 5.97 Å². The fourth-order valence-electron chi connectivity index (χ4n) is 2.49. The van der Waals surface area contributed by atoms with Crippen LogP contribution in [-0.4, -0.2) is 11.9 Å². The lowest BCUT2D eigenvalue weighted by Gasteiger charge is -2.12. The van der Waals surface area contributed by atoms with Crippen LogP contribution >= 0.6 is 0 Å². The number of benzene rings is 3. The van der Waals surface area contributed by atoms with Crippen molar-refractivity contribution in [2.24, 2.45) is 0 Å². The van der Waals surface area contributed by atoms with Crippen LogP contribution in [0.1, 0.15) is 31.8 Å². The molecule has 0 bridgehead atoms. The Morgan fingerprint density at radius 1 is 0.808 bits per heavy atom. The molecule has 0 saturated carbocycles. The lowest BCUT2D eigenvalue weighted by molar-refractivity contribution is 0.0736. The van der Waals surface area contributed by atoms with Crippen LogP contribution in [0, 0.1) is 13.8 Å². The number of esters is 1. The fraction of sp³-hybridized carbons (Fsp3) is 0.0909. The van der Waals surface area contributed by atoms with Gasteiger partial charge in [0.05, 0.1) is 11.3 Å². The van der Waals surface area contributed by atoms with Crippen molar-refractivity contribution < 1.29 is 14.3 Å². The van der Waals surface area contributed by atoms with Crippen LogP contribution < -0.4 is 10.1 Å². The van der Waals surface area contributed by atoms with Crippen molar-refractivity contribution in [3.63, 3.8) is 0 Å². The zero-order valence-corrected chi connectivity index (χ0v) is 14.7. The Balaban J connectivity index is 1.84. The molecule has 0 unspecified atom stereocenters. The van der Waals surface area contributed by atoms with Crippen LogP contribution in [0.25, 0.3) is 0 Å². The highest BCUT2D eigenvalue weighted by atomic mass is 16.5. The van der Waals surface area contributed by atoms with Gasteiger partial charge in [0.1, 0.15) is 5.75 Å². The first-order chi connectivity index (χ1) is 12.5. The number of amides is 1. The number of nitrogens with one attached hydrogen (secondary N) is 1. The number of hydrogen-bond donors (Lipinski definition) is 1. The molecule has 0 spiro atoms. The van der Waals surface area contributed by atoms with E-state index >= 15 is 0 Å². The molecule has 0 aliphatic carbocycles. The smallest absolute Gasteiger partial charge is 0.345 e. The largest absolute Gasteiger partial charge is 0.423 e. The molecule has 0 aromatic heterocycles. The molecule has 0 saturated heterocycles. The van der Waals surface area contributed by atoms with Gasteiger partial charge in [0.2, 0.25) is 0 Å². The van der Waals surface area contributed by atoms with Crippen molar-refractivity contribution >= 4 is 17.6 Å². The van der Waals surface area contributed by atoms with E-state index in [9.17, 15) is 9.59 Å².